The molecule has 0 N–H and O–H groups in total. The molecule has 5 heteroatoms. The molecule has 0 amide bonds. The van der Waals surface area contributed by atoms with E-state index >= 15 is 0 Å². The fraction of sp³-hybridized carbons (Fsp3) is 0.316. The molecular formula is C38H38IrN2O2-2. The topological polar surface area (TPSA) is 57.2 Å². The molecule has 0 unspecified atom stereocenters. The number of carbonyl (C=O) groups excluding carboxylic acids is 1. The maximum absolute atomic E-state index is 10.8. The van der Waals surface area contributed by atoms with Crippen molar-refractivity contribution in [3.05, 3.63) is 107 Å². The third kappa shape index (κ3) is 5.98. The zero-order chi connectivity index (χ0) is 29.4. The summed E-state index contributed by atoms with van der Waals surface area (Å²) >= 11 is 0. The molecule has 0 saturated heterocycles. The average Bonchev–Trinajstić information content (AvgIpc) is 3.47. The molecule has 1 radical (unpaired) electrons. The van der Waals surface area contributed by atoms with Crippen molar-refractivity contribution < 1.29 is 29.3 Å². The molecule has 43 heavy (non-hydrogen) atoms. The minimum Gasteiger partial charge on any atom is -0.685 e. The van der Waals surface area contributed by atoms with E-state index in [0.717, 1.165) is 39.4 Å². The van der Waals surface area contributed by atoms with Crippen LogP contribution in [0.5, 0.6) is 0 Å². The summed E-state index contributed by atoms with van der Waals surface area (Å²) in [4.78, 5) is 15.8. The standard InChI is InChI=1S/C27H20NO.C11H19NO.Ir/c1-16-15-22(28-21-13-6-4-9-17(16)21)18-11-8-12-20-24(18)27(2,3)25-19-10-5-7-14-23(19)29-26(20)25;1-9(8-10(2)13)12-11-6-4-3-5-7-11;/h4-10,12-15H,1-3H3;8,11H,3-7H2,1-2H3,(H,12,13);/q-1;;/p-1. The first-order valence-corrected chi connectivity index (χ1v) is 15.1. The molecule has 2 aromatic heterocycles. The van der Waals surface area contributed by atoms with Crippen molar-refractivity contribution in [1.29, 1.82) is 0 Å². The summed E-state index contributed by atoms with van der Waals surface area (Å²) in [5.41, 5.74) is 9.61. The smallest absolute Gasteiger partial charge is 0.151 e. The fourth-order valence-corrected chi connectivity index (χ4v) is 6.83. The second kappa shape index (κ2) is 12.6. The van der Waals surface area contributed by atoms with Crippen LogP contribution in [0, 0.1) is 13.0 Å². The maximum Gasteiger partial charge on any atom is 0.151 e. The van der Waals surface area contributed by atoms with Crippen LogP contribution in [0.4, 0.5) is 0 Å². The summed E-state index contributed by atoms with van der Waals surface area (Å²) in [6, 6.07) is 26.9. The SMILES string of the molecule is CC(=O)/C=C(/C)[N-]C1CCCCC1.Cc1cc(-c2[c-]ccc3c2C(C)(C)c2c-3oc3ccccc23)nc2ccccc12.[Ir]. The Kier molecular flexibility index (Phi) is 9.06. The van der Waals surface area contributed by atoms with Crippen LogP contribution >= 0.6 is 0 Å². The molecular weight excluding hydrogens is 709 g/mol. The third-order valence-electron chi connectivity index (χ3n) is 8.64. The van der Waals surface area contributed by atoms with E-state index in [0.29, 0.717) is 6.04 Å². The normalized spacial score (nSPS) is 15.7. The third-order valence-corrected chi connectivity index (χ3v) is 8.64. The molecule has 0 atom stereocenters. The number of carbonyl (C=O) groups is 1. The second-order valence-electron chi connectivity index (χ2n) is 12.2. The molecule has 4 nitrogen and oxygen atoms in total. The molecule has 2 heterocycles. The van der Waals surface area contributed by atoms with E-state index in [1.807, 2.05) is 31.2 Å². The Morgan fingerprint density at radius 1 is 0.977 bits per heavy atom. The van der Waals surface area contributed by atoms with Crippen LogP contribution in [0.3, 0.4) is 0 Å². The minimum absolute atomic E-state index is 0. The van der Waals surface area contributed by atoms with Gasteiger partial charge in [-0.15, -0.1) is 35.4 Å². The Balaban J connectivity index is 0.000000224. The number of pyridine rings is 1. The van der Waals surface area contributed by atoms with Crippen molar-refractivity contribution in [3.8, 4) is 22.6 Å². The molecule has 223 valence electrons. The number of aromatic nitrogens is 1. The number of hydrogen-bond acceptors (Lipinski definition) is 3. The van der Waals surface area contributed by atoms with Gasteiger partial charge in [-0.05, 0) is 48.7 Å². The predicted molar refractivity (Wildman–Crippen MR) is 173 cm³/mol. The van der Waals surface area contributed by atoms with E-state index in [-0.39, 0.29) is 31.3 Å². The molecule has 7 rings (SSSR count). The number of aryl methyl sites for hydroxylation is 1. The summed E-state index contributed by atoms with van der Waals surface area (Å²) in [7, 11) is 0. The minimum atomic E-state index is -0.189. The van der Waals surface area contributed by atoms with Crippen molar-refractivity contribution in [2.75, 3.05) is 0 Å². The number of benzene rings is 3. The van der Waals surface area contributed by atoms with Gasteiger partial charge in [0.15, 0.2) is 5.78 Å². The molecule has 0 bridgehead atoms. The van der Waals surface area contributed by atoms with Gasteiger partial charge >= 0.3 is 0 Å². The molecule has 1 fully saturated rings. The molecule has 2 aliphatic rings. The fourth-order valence-electron chi connectivity index (χ4n) is 6.83. The van der Waals surface area contributed by atoms with Gasteiger partial charge < -0.3 is 9.73 Å². The van der Waals surface area contributed by atoms with E-state index in [9.17, 15) is 4.79 Å². The zero-order valence-corrected chi connectivity index (χ0v) is 28.0. The Hall–Kier alpha value is -3.53. The van der Waals surface area contributed by atoms with Crippen molar-refractivity contribution in [2.24, 2.45) is 0 Å². The van der Waals surface area contributed by atoms with E-state index in [1.54, 1.807) is 13.0 Å². The second-order valence-corrected chi connectivity index (χ2v) is 12.2. The Bertz CT molecular complexity index is 1830. The maximum atomic E-state index is 10.8. The molecule has 0 aliphatic heterocycles. The Morgan fingerprint density at radius 3 is 2.42 bits per heavy atom. The predicted octanol–water partition coefficient (Wildman–Crippen LogP) is 10.2. The molecule has 2 aliphatic carbocycles. The number of nitrogens with zero attached hydrogens (tertiary/aromatic N) is 2. The summed E-state index contributed by atoms with van der Waals surface area (Å²) in [6.07, 6.45) is 7.95. The van der Waals surface area contributed by atoms with E-state index in [2.05, 4.69) is 74.6 Å². The largest absolute Gasteiger partial charge is 0.685 e. The van der Waals surface area contributed by atoms with Gasteiger partial charge in [-0.2, -0.15) is 5.70 Å². The van der Waals surface area contributed by atoms with Gasteiger partial charge in [0.1, 0.15) is 11.3 Å². The van der Waals surface area contributed by atoms with Crippen LogP contribution in [0.2, 0.25) is 0 Å². The van der Waals surface area contributed by atoms with Gasteiger partial charge in [-0.25, -0.2) is 0 Å². The summed E-state index contributed by atoms with van der Waals surface area (Å²) < 4.78 is 6.32. The number of para-hydroxylation sites is 2. The number of ketones is 1. The van der Waals surface area contributed by atoms with Crippen LogP contribution in [0.1, 0.15) is 76.5 Å². The average molecular weight is 747 g/mol. The van der Waals surface area contributed by atoms with Crippen LogP contribution < -0.4 is 0 Å². The van der Waals surface area contributed by atoms with Crippen molar-refractivity contribution in [2.45, 2.75) is 78.2 Å². The number of rotatable bonds is 4. The zero-order valence-electron chi connectivity index (χ0n) is 25.6. The van der Waals surface area contributed by atoms with Crippen molar-refractivity contribution in [3.63, 3.8) is 0 Å². The van der Waals surface area contributed by atoms with Gasteiger partial charge in [0.2, 0.25) is 0 Å². The first-order valence-electron chi connectivity index (χ1n) is 15.1. The number of allylic oxidation sites excluding steroid dienone is 2. The number of furan rings is 1. The quantitative estimate of drug-likeness (QED) is 0.136. The summed E-state index contributed by atoms with van der Waals surface area (Å²) in [5, 5.41) is 6.90. The van der Waals surface area contributed by atoms with Crippen LogP contribution in [-0.4, -0.2) is 16.8 Å². The Labute approximate surface area is 268 Å². The van der Waals surface area contributed by atoms with Crippen LogP contribution in [0.25, 0.3) is 49.8 Å². The molecule has 1 saturated carbocycles. The van der Waals surface area contributed by atoms with Crippen LogP contribution in [0.15, 0.2) is 82.9 Å². The van der Waals surface area contributed by atoms with Crippen LogP contribution in [-0.2, 0) is 30.3 Å². The summed E-state index contributed by atoms with van der Waals surface area (Å²) in [5.74, 6) is 1.08. The van der Waals surface area contributed by atoms with Crippen molar-refractivity contribution >= 4 is 27.7 Å². The van der Waals surface area contributed by atoms with E-state index in [1.165, 1.54) is 59.6 Å². The first kappa shape index (κ1) is 30.9. The van der Waals surface area contributed by atoms with Gasteiger partial charge in [0, 0.05) is 36.4 Å². The molecule has 5 aromatic rings. The number of hydrogen-bond donors (Lipinski definition) is 0. The van der Waals surface area contributed by atoms with Crippen molar-refractivity contribution in [1.82, 2.24) is 4.98 Å². The van der Waals surface area contributed by atoms with E-state index < -0.39 is 0 Å². The summed E-state index contributed by atoms with van der Waals surface area (Å²) in [6.45, 7) is 10.2. The Morgan fingerprint density at radius 2 is 1.67 bits per heavy atom. The monoisotopic (exact) mass is 747 g/mol. The van der Waals surface area contributed by atoms with Gasteiger partial charge in [0.05, 0.1) is 5.52 Å². The van der Waals surface area contributed by atoms with E-state index in [4.69, 9.17) is 9.40 Å². The van der Waals surface area contributed by atoms with Gasteiger partial charge in [-0.3, -0.25) is 9.78 Å². The molecule has 0 spiro atoms. The first-order chi connectivity index (χ1) is 20.2. The van der Waals surface area contributed by atoms with Gasteiger partial charge in [0.25, 0.3) is 0 Å². The number of fused-ring (bicyclic) bond motifs is 6. The molecule has 3 aromatic carbocycles. The van der Waals surface area contributed by atoms with Gasteiger partial charge in [-0.1, -0.05) is 101 Å².